The van der Waals surface area contributed by atoms with Crippen molar-refractivity contribution in [2.24, 2.45) is 5.92 Å². The zero-order valence-corrected chi connectivity index (χ0v) is 12.8. The Morgan fingerprint density at radius 2 is 1.68 bits per heavy atom. The van der Waals surface area contributed by atoms with E-state index in [4.69, 9.17) is 0 Å². The van der Waals surface area contributed by atoms with Crippen molar-refractivity contribution in [1.29, 1.82) is 0 Å². The van der Waals surface area contributed by atoms with E-state index in [1.54, 1.807) is 6.92 Å². The van der Waals surface area contributed by atoms with E-state index < -0.39 is 0 Å². The maximum absolute atomic E-state index is 11.3. The summed E-state index contributed by atoms with van der Waals surface area (Å²) in [4.78, 5) is 18.4. The van der Waals surface area contributed by atoms with Crippen LogP contribution in [-0.2, 0) is 4.79 Å². The normalized spacial score (nSPS) is 25.5. The van der Waals surface area contributed by atoms with Gasteiger partial charge in [-0.3, -0.25) is 9.69 Å². The van der Waals surface area contributed by atoms with Crippen molar-refractivity contribution in [3.05, 3.63) is 0 Å². The molecule has 2 aliphatic rings. The number of piperidine rings is 1. The maximum Gasteiger partial charge on any atom is 0.219 e. The molecule has 2 aliphatic heterocycles. The summed E-state index contributed by atoms with van der Waals surface area (Å²) >= 11 is 0. The number of amides is 1. The lowest BCUT2D eigenvalue weighted by Crippen LogP contribution is -2.49. The minimum Gasteiger partial charge on any atom is -0.343 e. The Balaban J connectivity index is 1.71. The van der Waals surface area contributed by atoms with Gasteiger partial charge in [0, 0.05) is 52.2 Å². The third kappa shape index (κ3) is 4.18. The Labute approximate surface area is 117 Å². The summed E-state index contributed by atoms with van der Waals surface area (Å²) in [6, 6.07) is 0.697. The second kappa shape index (κ2) is 6.71. The van der Waals surface area contributed by atoms with Crippen molar-refractivity contribution in [3.63, 3.8) is 0 Å². The van der Waals surface area contributed by atoms with Crippen molar-refractivity contribution in [2.75, 3.05) is 46.3 Å². The van der Waals surface area contributed by atoms with Gasteiger partial charge >= 0.3 is 0 Å². The van der Waals surface area contributed by atoms with Gasteiger partial charge in [-0.15, -0.1) is 0 Å². The van der Waals surface area contributed by atoms with E-state index in [9.17, 15) is 4.79 Å². The highest BCUT2D eigenvalue weighted by molar-refractivity contribution is 5.73. The van der Waals surface area contributed by atoms with Crippen molar-refractivity contribution in [2.45, 2.75) is 39.2 Å². The number of rotatable bonds is 3. The van der Waals surface area contributed by atoms with Crippen molar-refractivity contribution in [1.82, 2.24) is 14.7 Å². The quantitative estimate of drug-likeness (QED) is 0.770. The molecule has 110 valence electrons. The SMILES string of the molecule is CC(=O)N1CCC(CC(C)N2CCN(C)CC2)CC1. The highest BCUT2D eigenvalue weighted by atomic mass is 16.2. The molecule has 0 radical (unpaired) electrons. The first-order valence-corrected chi connectivity index (χ1v) is 7.74. The second-order valence-electron chi connectivity index (χ2n) is 6.37. The summed E-state index contributed by atoms with van der Waals surface area (Å²) in [6.45, 7) is 10.8. The van der Waals surface area contributed by atoms with Gasteiger partial charge < -0.3 is 9.80 Å². The molecule has 4 heteroatoms. The molecule has 0 aromatic carbocycles. The van der Waals surface area contributed by atoms with Crippen LogP contribution >= 0.6 is 0 Å². The third-order valence-electron chi connectivity index (χ3n) is 4.90. The zero-order valence-electron chi connectivity index (χ0n) is 12.8. The molecule has 4 nitrogen and oxygen atoms in total. The van der Waals surface area contributed by atoms with Crippen LogP contribution in [-0.4, -0.2) is 73.0 Å². The summed E-state index contributed by atoms with van der Waals surface area (Å²) in [7, 11) is 2.21. The standard InChI is InChI=1S/C15H29N3O/c1-13(17-10-8-16(3)9-11-17)12-15-4-6-18(7-5-15)14(2)19/h13,15H,4-12H2,1-3H3. The minimum absolute atomic E-state index is 0.241. The Morgan fingerprint density at radius 3 is 2.21 bits per heavy atom. The number of piperazine rings is 1. The van der Waals surface area contributed by atoms with E-state index in [2.05, 4.69) is 23.8 Å². The van der Waals surface area contributed by atoms with Crippen molar-refractivity contribution >= 4 is 5.91 Å². The lowest BCUT2D eigenvalue weighted by molar-refractivity contribution is -0.130. The van der Waals surface area contributed by atoms with E-state index in [-0.39, 0.29) is 5.91 Å². The molecule has 0 aromatic rings. The molecule has 1 amide bonds. The molecule has 0 bridgehead atoms. The van der Waals surface area contributed by atoms with Gasteiger partial charge in [0.15, 0.2) is 0 Å². The Morgan fingerprint density at radius 1 is 1.11 bits per heavy atom. The van der Waals surface area contributed by atoms with Crippen LogP contribution in [0.5, 0.6) is 0 Å². The molecular weight excluding hydrogens is 238 g/mol. The fourth-order valence-electron chi connectivity index (χ4n) is 3.38. The molecule has 2 heterocycles. The van der Waals surface area contributed by atoms with Crippen LogP contribution in [0.1, 0.15) is 33.1 Å². The van der Waals surface area contributed by atoms with Crippen molar-refractivity contribution < 1.29 is 4.79 Å². The van der Waals surface area contributed by atoms with Crippen LogP contribution in [0.15, 0.2) is 0 Å². The van der Waals surface area contributed by atoms with Crippen LogP contribution in [0.3, 0.4) is 0 Å². The molecule has 2 saturated heterocycles. The Hall–Kier alpha value is -0.610. The minimum atomic E-state index is 0.241. The van der Waals surface area contributed by atoms with Crippen LogP contribution in [0.4, 0.5) is 0 Å². The smallest absolute Gasteiger partial charge is 0.219 e. The van der Waals surface area contributed by atoms with E-state index >= 15 is 0 Å². The number of nitrogens with zero attached hydrogens (tertiary/aromatic N) is 3. The fourth-order valence-corrected chi connectivity index (χ4v) is 3.38. The third-order valence-corrected chi connectivity index (χ3v) is 4.90. The first-order valence-electron chi connectivity index (χ1n) is 7.74. The molecule has 1 atom stereocenters. The summed E-state index contributed by atoms with van der Waals surface area (Å²) in [5, 5.41) is 0. The van der Waals surface area contributed by atoms with Gasteiger partial charge in [-0.1, -0.05) is 0 Å². The zero-order chi connectivity index (χ0) is 13.8. The van der Waals surface area contributed by atoms with E-state index in [1.807, 2.05) is 4.90 Å². The average molecular weight is 267 g/mol. The molecule has 19 heavy (non-hydrogen) atoms. The largest absolute Gasteiger partial charge is 0.343 e. The number of likely N-dealkylation sites (tertiary alicyclic amines) is 1. The highest BCUT2D eigenvalue weighted by Crippen LogP contribution is 2.24. The molecule has 2 rings (SSSR count). The van der Waals surface area contributed by atoms with Gasteiger partial charge in [-0.05, 0) is 39.2 Å². The number of carbonyl (C=O) groups is 1. The molecule has 0 N–H and O–H groups in total. The maximum atomic E-state index is 11.3. The van der Waals surface area contributed by atoms with E-state index in [1.165, 1.54) is 45.4 Å². The molecular formula is C15H29N3O. The van der Waals surface area contributed by atoms with Gasteiger partial charge in [0.25, 0.3) is 0 Å². The Bertz CT molecular complexity index is 292. The van der Waals surface area contributed by atoms with E-state index in [0.717, 1.165) is 19.0 Å². The summed E-state index contributed by atoms with van der Waals surface area (Å²) in [5.41, 5.74) is 0. The van der Waals surface area contributed by atoms with Gasteiger partial charge in [-0.2, -0.15) is 0 Å². The second-order valence-corrected chi connectivity index (χ2v) is 6.37. The van der Waals surface area contributed by atoms with Crippen LogP contribution in [0.25, 0.3) is 0 Å². The predicted molar refractivity (Wildman–Crippen MR) is 78.1 cm³/mol. The lowest BCUT2D eigenvalue weighted by Gasteiger charge is -2.39. The Kier molecular flexibility index (Phi) is 5.22. The highest BCUT2D eigenvalue weighted by Gasteiger charge is 2.25. The molecule has 0 aliphatic carbocycles. The van der Waals surface area contributed by atoms with Gasteiger partial charge in [0.1, 0.15) is 0 Å². The molecule has 0 spiro atoms. The number of hydrogen-bond donors (Lipinski definition) is 0. The molecule has 0 aromatic heterocycles. The number of hydrogen-bond acceptors (Lipinski definition) is 3. The van der Waals surface area contributed by atoms with Crippen molar-refractivity contribution in [3.8, 4) is 0 Å². The molecule has 0 saturated carbocycles. The first-order chi connectivity index (χ1) is 9.06. The van der Waals surface area contributed by atoms with Crippen LogP contribution in [0, 0.1) is 5.92 Å². The summed E-state index contributed by atoms with van der Waals surface area (Å²) in [5.74, 6) is 1.05. The lowest BCUT2D eigenvalue weighted by atomic mass is 9.90. The number of likely N-dealkylation sites (N-methyl/N-ethyl adjacent to an activating group) is 1. The summed E-state index contributed by atoms with van der Waals surface area (Å²) < 4.78 is 0. The molecule has 2 fully saturated rings. The monoisotopic (exact) mass is 267 g/mol. The molecule has 1 unspecified atom stereocenters. The predicted octanol–water partition coefficient (Wildman–Crippen LogP) is 1.27. The first kappa shape index (κ1) is 14.8. The van der Waals surface area contributed by atoms with Crippen LogP contribution in [0.2, 0.25) is 0 Å². The van der Waals surface area contributed by atoms with E-state index in [0.29, 0.717) is 6.04 Å². The fraction of sp³-hybridized carbons (Fsp3) is 0.933. The number of carbonyl (C=O) groups excluding carboxylic acids is 1. The average Bonchev–Trinajstić information content (AvgIpc) is 2.40. The van der Waals surface area contributed by atoms with Gasteiger partial charge in [-0.25, -0.2) is 0 Å². The van der Waals surface area contributed by atoms with Gasteiger partial charge in [0.05, 0.1) is 0 Å². The van der Waals surface area contributed by atoms with Crippen LogP contribution < -0.4 is 0 Å². The topological polar surface area (TPSA) is 26.8 Å². The summed E-state index contributed by atoms with van der Waals surface area (Å²) in [6.07, 6.45) is 3.69. The van der Waals surface area contributed by atoms with Gasteiger partial charge in [0.2, 0.25) is 5.91 Å².